The molecule has 0 heterocycles. The Morgan fingerprint density at radius 1 is 1.00 bits per heavy atom. The quantitative estimate of drug-likeness (QED) is 0.519. The van der Waals surface area contributed by atoms with Crippen LogP contribution in [0.3, 0.4) is 0 Å². The van der Waals surface area contributed by atoms with Crippen LogP contribution in [0.5, 0.6) is 0 Å². The van der Waals surface area contributed by atoms with E-state index in [2.05, 4.69) is 42.5 Å². The van der Waals surface area contributed by atoms with Crippen LogP contribution < -0.4 is 0 Å². The summed E-state index contributed by atoms with van der Waals surface area (Å²) < 4.78 is 0. The molecule has 0 N–H and O–H groups in total. The van der Waals surface area contributed by atoms with Crippen molar-refractivity contribution in [1.82, 2.24) is 0 Å². The second-order valence-electron chi connectivity index (χ2n) is 2.15. The molecule has 0 saturated carbocycles. The Hall–Kier alpha value is -0.300. The van der Waals surface area contributed by atoms with Crippen molar-refractivity contribution in [1.29, 1.82) is 0 Å². The van der Waals surface area contributed by atoms with Crippen LogP contribution in [0.15, 0.2) is 42.5 Å². The molecule has 47 valence electrons. The number of fused-ring (bicyclic) bond motifs is 1. The van der Waals surface area contributed by atoms with Gasteiger partial charge in [0.2, 0.25) is 0 Å². The zero-order valence-corrected chi connectivity index (χ0v) is 7.42. The van der Waals surface area contributed by atoms with E-state index in [1.54, 1.807) is 0 Å². The summed E-state index contributed by atoms with van der Waals surface area (Å²) in [6.45, 7) is 0. The topological polar surface area (TPSA) is 0 Å². The molecular weight excluding hydrogens is 153 g/mol. The van der Waals surface area contributed by atoms with Crippen LogP contribution in [-0.4, -0.2) is 0 Å². The van der Waals surface area contributed by atoms with Gasteiger partial charge in [0.1, 0.15) is 0 Å². The number of hydrogen-bond donors (Lipinski definition) is 0. The van der Waals surface area contributed by atoms with Gasteiger partial charge >= 0.3 is 0 Å². The number of hydrogen-bond acceptors (Lipinski definition) is 0. The average Bonchev–Trinajstić information content (AvgIpc) is 2.33. The Kier molecular flexibility index (Phi) is 2.50. The first kappa shape index (κ1) is 7.80. The summed E-state index contributed by atoms with van der Waals surface area (Å²) in [5, 5.41) is 2.66. The van der Waals surface area contributed by atoms with Crippen LogP contribution in [0, 0.1) is 0 Å². The van der Waals surface area contributed by atoms with Gasteiger partial charge in [-0.1, -0.05) is 6.07 Å². The van der Waals surface area contributed by atoms with Crippen LogP contribution in [-0.2, 0) is 25.8 Å². The van der Waals surface area contributed by atoms with Gasteiger partial charge in [-0.3, -0.25) is 0 Å². The van der Waals surface area contributed by atoms with E-state index in [-0.39, 0.29) is 25.8 Å². The molecule has 0 amide bonds. The average molecular weight is 160 g/mol. The molecule has 0 atom stereocenters. The second kappa shape index (κ2) is 3.20. The molecule has 2 aromatic rings. The molecular formula is C9H7Sc-. The Morgan fingerprint density at radius 2 is 1.80 bits per heavy atom. The van der Waals surface area contributed by atoms with Crippen molar-refractivity contribution in [3.8, 4) is 0 Å². The molecule has 0 aliphatic carbocycles. The van der Waals surface area contributed by atoms with Gasteiger partial charge < -0.3 is 0 Å². The molecule has 1 heteroatoms. The molecule has 0 aliphatic rings. The smallest absolute Gasteiger partial charge is 0 e. The predicted octanol–water partition coefficient (Wildman–Crippen LogP) is 2.56. The molecule has 0 aliphatic heterocycles. The number of benzene rings is 1. The van der Waals surface area contributed by atoms with Crippen LogP contribution in [0.2, 0.25) is 0 Å². The summed E-state index contributed by atoms with van der Waals surface area (Å²) in [6, 6.07) is 14.7. The summed E-state index contributed by atoms with van der Waals surface area (Å²) in [5.41, 5.74) is 0. The van der Waals surface area contributed by atoms with Gasteiger partial charge in [-0.15, -0.1) is 29.7 Å². The van der Waals surface area contributed by atoms with Crippen molar-refractivity contribution < 1.29 is 25.8 Å². The summed E-state index contributed by atoms with van der Waals surface area (Å²) >= 11 is 0. The first-order valence-corrected chi connectivity index (χ1v) is 3.07. The fourth-order valence-electron chi connectivity index (χ4n) is 1.07. The van der Waals surface area contributed by atoms with Gasteiger partial charge in [0.15, 0.2) is 0 Å². The van der Waals surface area contributed by atoms with Gasteiger partial charge in [-0.2, -0.15) is 17.5 Å². The van der Waals surface area contributed by atoms with Crippen LogP contribution >= 0.6 is 0 Å². The van der Waals surface area contributed by atoms with Crippen molar-refractivity contribution in [2.75, 3.05) is 0 Å². The molecule has 0 aromatic heterocycles. The molecule has 0 fully saturated rings. The Labute approximate surface area is 79.0 Å². The van der Waals surface area contributed by atoms with Crippen LogP contribution in [0.4, 0.5) is 0 Å². The Bertz CT molecular complexity index is 279. The Morgan fingerprint density at radius 3 is 2.60 bits per heavy atom. The summed E-state index contributed by atoms with van der Waals surface area (Å²) in [4.78, 5) is 0. The minimum atomic E-state index is 0. The first-order chi connectivity index (χ1) is 4.47. The minimum absolute atomic E-state index is 0. The van der Waals surface area contributed by atoms with E-state index >= 15 is 0 Å². The van der Waals surface area contributed by atoms with E-state index in [9.17, 15) is 0 Å². The summed E-state index contributed by atoms with van der Waals surface area (Å²) in [5.74, 6) is 0. The van der Waals surface area contributed by atoms with Gasteiger partial charge in [0.25, 0.3) is 0 Å². The maximum atomic E-state index is 2.12. The summed E-state index contributed by atoms with van der Waals surface area (Å²) in [6.07, 6.45) is 0. The van der Waals surface area contributed by atoms with Crippen molar-refractivity contribution >= 4 is 10.8 Å². The Balaban J connectivity index is 0.000000500. The van der Waals surface area contributed by atoms with Crippen LogP contribution in [0.1, 0.15) is 0 Å². The SMILES string of the molecule is [Sc].c1ccc2[cH-]ccc2c1. The maximum Gasteiger partial charge on any atom is 0 e. The molecule has 1 radical (unpaired) electrons. The zero-order chi connectivity index (χ0) is 6.10. The van der Waals surface area contributed by atoms with Crippen molar-refractivity contribution in [2.24, 2.45) is 0 Å². The van der Waals surface area contributed by atoms with Gasteiger partial charge in [0, 0.05) is 25.8 Å². The van der Waals surface area contributed by atoms with E-state index in [0.717, 1.165) is 0 Å². The van der Waals surface area contributed by atoms with E-state index in [1.165, 1.54) is 10.8 Å². The standard InChI is InChI=1S/C9H7.Sc/c1-2-5-9-7-3-6-8(9)4-1;/h1-7H;/q-1;. The first-order valence-electron chi connectivity index (χ1n) is 3.07. The van der Waals surface area contributed by atoms with Gasteiger partial charge in [-0.05, 0) is 0 Å². The van der Waals surface area contributed by atoms with Crippen molar-refractivity contribution in [2.45, 2.75) is 0 Å². The van der Waals surface area contributed by atoms with E-state index < -0.39 is 0 Å². The van der Waals surface area contributed by atoms with Crippen molar-refractivity contribution in [3.05, 3.63) is 42.5 Å². The third-order valence-corrected chi connectivity index (χ3v) is 1.55. The van der Waals surface area contributed by atoms with Gasteiger partial charge in [-0.25, -0.2) is 0 Å². The predicted molar refractivity (Wildman–Crippen MR) is 39.5 cm³/mol. The van der Waals surface area contributed by atoms with Crippen LogP contribution in [0.25, 0.3) is 10.8 Å². The number of rotatable bonds is 0. The molecule has 2 rings (SSSR count). The van der Waals surface area contributed by atoms with Crippen molar-refractivity contribution in [3.63, 3.8) is 0 Å². The molecule has 0 spiro atoms. The molecule has 0 unspecified atom stereocenters. The monoisotopic (exact) mass is 160 g/mol. The fraction of sp³-hybridized carbons (Fsp3) is 0. The van der Waals surface area contributed by atoms with E-state index in [4.69, 9.17) is 0 Å². The molecule has 0 nitrogen and oxygen atoms in total. The van der Waals surface area contributed by atoms with E-state index in [0.29, 0.717) is 0 Å². The third kappa shape index (κ3) is 1.24. The van der Waals surface area contributed by atoms with E-state index in [1.807, 2.05) is 0 Å². The third-order valence-electron chi connectivity index (χ3n) is 1.55. The maximum absolute atomic E-state index is 2.12. The molecule has 0 bridgehead atoms. The normalized spacial score (nSPS) is 9.20. The summed E-state index contributed by atoms with van der Waals surface area (Å²) in [7, 11) is 0. The molecule has 0 saturated heterocycles. The zero-order valence-electron chi connectivity index (χ0n) is 5.62. The largest absolute Gasteiger partial charge is 0.168 e. The fourth-order valence-corrected chi connectivity index (χ4v) is 1.07. The molecule has 2 aromatic carbocycles. The van der Waals surface area contributed by atoms with Gasteiger partial charge in [0.05, 0.1) is 0 Å². The second-order valence-corrected chi connectivity index (χ2v) is 2.15. The molecule has 10 heavy (non-hydrogen) atoms. The minimum Gasteiger partial charge on any atom is -0.168 e.